The minimum Gasteiger partial charge on any atom is -0.385 e. The number of methoxy groups -OCH3 is 1. The van der Waals surface area contributed by atoms with Crippen LogP contribution in [-0.2, 0) is 9.47 Å². The molecule has 2 atom stereocenters. The molecule has 0 aromatic rings. The molecule has 1 aliphatic rings. The normalized spacial score (nSPS) is 25.4. The molecule has 4 heteroatoms. The summed E-state index contributed by atoms with van der Waals surface area (Å²) in [5, 5.41) is 0. The first-order valence-electron chi connectivity index (χ1n) is 5.86. The maximum absolute atomic E-state index is 6.10. The summed E-state index contributed by atoms with van der Waals surface area (Å²) < 4.78 is 10.7. The first kappa shape index (κ1) is 12.9. The summed E-state index contributed by atoms with van der Waals surface area (Å²) in [5.74, 6) is 0. The summed E-state index contributed by atoms with van der Waals surface area (Å²) in [7, 11) is 1.72. The van der Waals surface area contributed by atoms with Gasteiger partial charge in [0.1, 0.15) is 0 Å². The van der Waals surface area contributed by atoms with Crippen LogP contribution in [0.3, 0.4) is 0 Å². The molecule has 2 N–H and O–H groups in total. The minimum absolute atomic E-state index is 0.148. The summed E-state index contributed by atoms with van der Waals surface area (Å²) >= 11 is 0. The molecule has 0 amide bonds. The van der Waals surface area contributed by atoms with Gasteiger partial charge >= 0.3 is 0 Å². The molecule has 0 radical (unpaired) electrons. The van der Waals surface area contributed by atoms with Crippen LogP contribution in [0.2, 0.25) is 0 Å². The predicted molar refractivity (Wildman–Crippen MR) is 60.9 cm³/mol. The number of nitrogens with two attached hydrogens (primary N) is 1. The van der Waals surface area contributed by atoms with E-state index in [1.54, 1.807) is 7.11 Å². The lowest BCUT2D eigenvalue weighted by Gasteiger charge is -2.35. The Morgan fingerprint density at radius 1 is 1.60 bits per heavy atom. The highest BCUT2D eigenvalue weighted by Crippen LogP contribution is 2.10. The van der Waals surface area contributed by atoms with Crippen LogP contribution in [0.25, 0.3) is 0 Å². The van der Waals surface area contributed by atoms with Crippen molar-refractivity contribution in [2.45, 2.75) is 31.9 Å². The maximum atomic E-state index is 6.10. The average Bonchev–Trinajstić information content (AvgIpc) is 2.29. The SMILES string of the molecule is CCN1CCOC(C(N)CCCOC)C1. The Balaban J connectivity index is 2.22. The number of likely N-dealkylation sites (N-methyl/N-ethyl adjacent to an activating group) is 1. The molecular weight excluding hydrogens is 192 g/mol. The van der Waals surface area contributed by atoms with Gasteiger partial charge < -0.3 is 15.2 Å². The standard InChI is InChI=1S/C11H24N2O2/c1-3-13-6-8-15-11(9-13)10(12)5-4-7-14-2/h10-11H,3-9,12H2,1-2H3. The highest BCUT2D eigenvalue weighted by atomic mass is 16.5. The van der Waals surface area contributed by atoms with Crippen molar-refractivity contribution in [3.05, 3.63) is 0 Å². The van der Waals surface area contributed by atoms with Crippen molar-refractivity contribution in [1.29, 1.82) is 0 Å². The van der Waals surface area contributed by atoms with Crippen molar-refractivity contribution in [3.8, 4) is 0 Å². The molecule has 0 bridgehead atoms. The Morgan fingerprint density at radius 2 is 2.40 bits per heavy atom. The van der Waals surface area contributed by atoms with Crippen LogP contribution in [0, 0.1) is 0 Å². The highest BCUT2D eigenvalue weighted by molar-refractivity contribution is 4.80. The first-order valence-corrected chi connectivity index (χ1v) is 5.86. The first-order chi connectivity index (χ1) is 7.27. The average molecular weight is 216 g/mol. The van der Waals surface area contributed by atoms with E-state index in [-0.39, 0.29) is 12.1 Å². The van der Waals surface area contributed by atoms with E-state index in [0.717, 1.165) is 45.7 Å². The molecule has 4 nitrogen and oxygen atoms in total. The molecule has 1 rings (SSSR count). The largest absolute Gasteiger partial charge is 0.385 e. The number of ether oxygens (including phenoxy) is 2. The van der Waals surface area contributed by atoms with Crippen molar-refractivity contribution in [2.24, 2.45) is 5.73 Å². The Bertz CT molecular complexity index is 167. The van der Waals surface area contributed by atoms with Crippen LogP contribution in [0.5, 0.6) is 0 Å². The zero-order valence-corrected chi connectivity index (χ0v) is 9.95. The summed E-state index contributed by atoms with van der Waals surface area (Å²) in [6, 6.07) is 0.148. The van der Waals surface area contributed by atoms with Crippen molar-refractivity contribution in [3.63, 3.8) is 0 Å². The fraction of sp³-hybridized carbons (Fsp3) is 1.00. The number of morpholine rings is 1. The third-order valence-corrected chi connectivity index (χ3v) is 2.99. The fourth-order valence-electron chi connectivity index (χ4n) is 1.93. The summed E-state index contributed by atoms with van der Waals surface area (Å²) in [6.45, 7) is 6.89. The summed E-state index contributed by atoms with van der Waals surface area (Å²) in [6.07, 6.45) is 2.20. The van der Waals surface area contributed by atoms with Crippen LogP contribution in [0.15, 0.2) is 0 Å². The van der Waals surface area contributed by atoms with E-state index < -0.39 is 0 Å². The molecule has 1 saturated heterocycles. The maximum Gasteiger partial charge on any atom is 0.0853 e. The van der Waals surface area contributed by atoms with Crippen LogP contribution in [0.4, 0.5) is 0 Å². The van der Waals surface area contributed by atoms with E-state index in [4.69, 9.17) is 15.2 Å². The van der Waals surface area contributed by atoms with E-state index in [1.807, 2.05) is 0 Å². The van der Waals surface area contributed by atoms with Gasteiger partial charge in [-0.2, -0.15) is 0 Å². The zero-order valence-electron chi connectivity index (χ0n) is 9.95. The molecular formula is C11H24N2O2. The fourth-order valence-corrected chi connectivity index (χ4v) is 1.93. The summed E-state index contributed by atoms with van der Waals surface area (Å²) in [5.41, 5.74) is 6.10. The number of rotatable bonds is 6. The van der Waals surface area contributed by atoms with E-state index in [0.29, 0.717) is 0 Å². The Morgan fingerprint density at radius 3 is 3.07 bits per heavy atom. The van der Waals surface area contributed by atoms with Crippen LogP contribution in [0.1, 0.15) is 19.8 Å². The lowest BCUT2D eigenvalue weighted by molar-refractivity contribution is -0.0406. The third kappa shape index (κ3) is 4.47. The molecule has 2 unspecified atom stereocenters. The van der Waals surface area contributed by atoms with E-state index >= 15 is 0 Å². The molecule has 0 aromatic carbocycles. The molecule has 0 saturated carbocycles. The zero-order chi connectivity index (χ0) is 11.1. The van der Waals surface area contributed by atoms with Gasteiger partial charge in [0.05, 0.1) is 12.7 Å². The van der Waals surface area contributed by atoms with Crippen molar-refractivity contribution < 1.29 is 9.47 Å². The second kappa shape index (κ2) is 7.17. The Kier molecular flexibility index (Phi) is 6.17. The van der Waals surface area contributed by atoms with Crippen LogP contribution in [-0.4, -0.2) is 57.0 Å². The van der Waals surface area contributed by atoms with E-state index in [1.165, 1.54) is 0 Å². The molecule has 0 spiro atoms. The summed E-state index contributed by atoms with van der Waals surface area (Å²) in [4.78, 5) is 2.39. The van der Waals surface area contributed by atoms with Gasteiger partial charge in [0.25, 0.3) is 0 Å². The highest BCUT2D eigenvalue weighted by Gasteiger charge is 2.24. The second-order valence-corrected chi connectivity index (χ2v) is 4.10. The number of hydrogen-bond donors (Lipinski definition) is 1. The van der Waals surface area contributed by atoms with E-state index in [9.17, 15) is 0 Å². The topological polar surface area (TPSA) is 47.7 Å². The number of hydrogen-bond acceptors (Lipinski definition) is 4. The molecule has 0 aromatic heterocycles. The molecule has 1 heterocycles. The second-order valence-electron chi connectivity index (χ2n) is 4.10. The van der Waals surface area contributed by atoms with Crippen molar-refractivity contribution in [2.75, 3.05) is 40.0 Å². The van der Waals surface area contributed by atoms with Crippen molar-refractivity contribution in [1.82, 2.24) is 4.90 Å². The van der Waals surface area contributed by atoms with Gasteiger partial charge in [0.15, 0.2) is 0 Å². The van der Waals surface area contributed by atoms with Gasteiger partial charge in [0, 0.05) is 32.8 Å². The molecule has 1 fully saturated rings. The molecule has 90 valence electrons. The minimum atomic E-state index is 0.148. The van der Waals surface area contributed by atoms with Gasteiger partial charge in [-0.15, -0.1) is 0 Å². The number of nitrogens with zero attached hydrogens (tertiary/aromatic N) is 1. The van der Waals surface area contributed by atoms with Gasteiger partial charge in [-0.3, -0.25) is 4.90 Å². The predicted octanol–water partition coefficient (Wildman–Crippen LogP) is 0.461. The molecule has 15 heavy (non-hydrogen) atoms. The van der Waals surface area contributed by atoms with Crippen molar-refractivity contribution >= 4 is 0 Å². The monoisotopic (exact) mass is 216 g/mol. The van der Waals surface area contributed by atoms with Gasteiger partial charge in [-0.1, -0.05) is 6.92 Å². The van der Waals surface area contributed by atoms with Crippen LogP contribution >= 0.6 is 0 Å². The molecule has 0 aliphatic carbocycles. The Labute approximate surface area is 92.7 Å². The quantitative estimate of drug-likeness (QED) is 0.655. The van der Waals surface area contributed by atoms with Gasteiger partial charge in [-0.25, -0.2) is 0 Å². The molecule has 1 aliphatic heterocycles. The third-order valence-electron chi connectivity index (χ3n) is 2.99. The van der Waals surface area contributed by atoms with Gasteiger partial charge in [-0.05, 0) is 19.4 Å². The Hall–Kier alpha value is -0.160. The lowest BCUT2D eigenvalue weighted by Crippen LogP contribution is -2.50. The van der Waals surface area contributed by atoms with Crippen LogP contribution < -0.4 is 5.73 Å². The lowest BCUT2D eigenvalue weighted by atomic mass is 10.0. The van der Waals surface area contributed by atoms with Gasteiger partial charge in [0.2, 0.25) is 0 Å². The van der Waals surface area contributed by atoms with E-state index in [2.05, 4.69) is 11.8 Å². The smallest absolute Gasteiger partial charge is 0.0853 e.